The van der Waals surface area contributed by atoms with Crippen LogP contribution >= 0.6 is 11.6 Å². The minimum absolute atomic E-state index is 0.0441. The number of nitriles is 1. The zero-order chi connectivity index (χ0) is 18.4. The molecule has 1 aliphatic carbocycles. The maximum atomic E-state index is 13.0. The van der Waals surface area contributed by atoms with Crippen LogP contribution in [0.3, 0.4) is 0 Å². The molecule has 0 spiro atoms. The Balaban J connectivity index is 2.12. The van der Waals surface area contributed by atoms with Crippen molar-refractivity contribution in [1.82, 2.24) is 0 Å². The lowest BCUT2D eigenvalue weighted by atomic mass is 10.00. The standard InChI is InChI=1S/C18H14ClNO4S/c1-11-2-4-12(5-3-11)15-16(18(15,10-20)17(21)22)25(23,24)14-8-6-13(19)7-9-14/h2-9,15-16H,1H3,(H,21,22)/t15-,16+,18-/m0/s1. The van der Waals surface area contributed by atoms with E-state index in [-0.39, 0.29) is 4.90 Å². The van der Waals surface area contributed by atoms with Gasteiger partial charge in [0.05, 0.1) is 11.0 Å². The van der Waals surface area contributed by atoms with Crippen LogP contribution in [0.4, 0.5) is 0 Å². The van der Waals surface area contributed by atoms with Crippen molar-refractivity contribution in [2.45, 2.75) is 23.0 Å². The third-order valence-corrected chi connectivity index (χ3v) is 7.08. The average molecular weight is 376 g/mol. The highest BCUT2D eigenvalue weighted by Crippen LogP contribution is 2.64. The van der Waals surface area contributed by atoms with Gasteiger partial charge in [-0.1, -0.05) is 41.4 Å². The number of nitrogens with zero attached hydrogens (tertiary/aromatic N) is 1. The van der Waals surface area contributed by atoms with Crippen molar-refractivity contribution in [2.75, 3.05) is 0 Å². The molecule has 0 saturated heterocycles. The van der Waals surface area contributed by atoms with Gasteiger partial charge in [-0.2, -0.15) is 5.26 Å². The maximum absolute atomic E-state index is 13.0. The Kier molecular flexibility index (Phi) is 4.10. The number of hydrogen-bond donors (Lipinski definition) is 1. The van der Waals surface area contributed by atoms with E-state index >= 15 is 0 Å². The second-order valence-electron chi connectivity index (χ2n) is 6.09. The molecule has 3 atom stereocenters. The van der Waals surface area contributed by atoms with E-state index in [1.807, 2.05) is 6.92 Å². The van der Waals surface area contributed by atoms with Crippen molar-refractivity contribution in [3.8, 4) is 6.07 Å². The number of halogens is 1. The van der Waals surface area contributed by atoms with Gasteiger partial charge in [0.25, 0.3) is 0 Å². The van der Waals surface area contributed by atoms with Gasteiger partial charge in [-0.25, -0.2) is 8.42 Å². The third kappa shape index (κ3) is 2.60. The molecule has 0 radical (unpaired) electrons. The molecule has 0 aromatic heterocycles. The molecule has 2 aromatic carbocycles. The molecule has 128 valence electrons. The number of carbonyl (C=O) groups is 1. The van der Waals surface area contributed by atoms with Crippen molar-refractivity contribution in [3.05, 3.63) is 64.7 Å². The highest BCUT2D eigenvalue weighted by Gasteiger charge is 2.77. The predicted octanol–water partition coefficient (Wildman–Crippen LogP) is 3.18. The van der Waals surface area contributed by atoms with Crippen LogP contribution in [-0.4, -0.2) is 24.7 Å². The lowest BCUT2D eigenvalue weighted by molar-refractivity contribution is -0.141. The molecule has 1 fully saturated rings. The minimum Gasteiger partial charge on any atom is -0.480 e. The Labute approximate surface area is 150 Å². The number of rotatable bonds is 4. The van der Waals surface area contributed by atoms with Gasteiger partial charge in [-0.05, 0) is 36.8 Å². The van der Waals surface area contributed by atoms with Crippen LogP contribution in [0.25, 0.3) is 0 Å². The number of aryl methyl sites for hydroxylation is 1. The van der Waals surface area contributed by atoms with E-state index in [1.165, 1.54) is 24.3 Å². The Morgan fingerprint density at radius 1 is 1.16 bits per heavy atom. The first-order valence-corrected chi connectivity index (χ1v) is 9.38. The summed E-state index contributed by atoms with van der Waals surface area (Å²) >= 11 is 5.79. The second kappa shape index (κ2) is 5.87. The largest absolute Gasteiger partial charge is 0.480 e. The van der Waals surface area contributed by atoms with Gasteiger partial charge < -0.3 is 5.11 Å². The molecule has 3 rings (SSSR count). The van der Waals surface area contributed by atoms with Crippen LogP contribution in [0, 0.1) is 23.7 Å². The maximum Gasteiger partial charge on any atom is 0.326 e. The fraction of sp³-hybridized carbons (Fsp3) is 0.222. The quantitative estimate of drug-likeness (QED) is 0.885. The van der Waals surface area contributed by atoms with Crippen molar-refractivity contribution < 1.29 is 18.3 Å². The summed E-state index contributed by atoms with van der Waals surface area (Å²) in [6.07, 6.45) is 0. The van der Waals surface area contributed by atoms with Crippen molar-refractivity contribution in [1.29, 1.82) is 5.26 Å². The molecule has 0 heterocycles. The molecule has 5 nitrogen and oxygen atoms in total. The molecule has 0 bridgehead atoms. The van der Waals surface area contributed by atoms with Crippen molar-refractivity contribution >= 4 is 27.4 Å². The second-order valence-corrected chi connectivity index (χ2v) is 8.60. The van der Waals surface area contributed by atoms with Crippen LogP contribution < -0.4 is 0 Å². The molecule has 0 aliphatic heterocycles. The normalized spacial score (nSPS) is 25.2. The summed E-state index contributed by atoms with van der Waals surface area (Å²) in [5, 5.41) is 18.2. The molecular formula is C18H14ClNO4S. The lowest BCUT2D eigenvalue weighted by Crippen LogP contribution is -2.22. The first-order chi connectivity index (χ1) is 11.7. The molecule has 1 N–H and O–H groups in total. The van der Waals surface area contributed by atoms with Crippen LogP contribution in [0.2, 0.25) is 5.02 Å². The Hall–Kier alpha value is -2.36. The summed E-state index contributed by atoms with van der Waals surface area (Å²) in [5.41, 5.74) is -0.509. The van der Waals surface area contributed by atoms with Crippen molar-refractivity contribution in [3.63, 3.8) is 0 Å². The molecular weight excluding hydrogens is 362 g/mol. The summed E-state index contributed by atoms with van der Waals surface area (Å²) in [6.45, 7) is 1.87. The van der Waals surface area contributed by atoms with E-state index in [0.29, 0.717) is 10.6 Å². The number of sulfone groups is 1. The third-order valence-electron chi connectivity index (χ3n) is 4.58. The first kappa shape index (κ1) is 17.5. The molecule has 0 amide bonds. The smallest absolute Gasteiger partial charge is 0.326 e. The zero-order valence-corrected chi connectivity index (χ0v) is 14.8. The van der Waals surface area contributed by atoms with Crippen LogP contribution in [0.1, 0.15) is 17.0 Å². The molecule has 25 heavy (non-hydrogen) atoms. The number of carboxylic acid groups (broad SMARTS) is 1. The van der Waals surface area contributed by atoms with Gasteiger partial charge in [0.15, 0.2) is 15.3 Å². The minimum atomic E-state index is -4.02. The Bertz CT molecular complexity index is 977. The van der Waals surface area contributed by atoms with E-state index < -0.39 is 32.4 Å². The topological polar surface area (TPSA) is 95.2 Å². The van der Waals surface area contributed by atoms with Crippen LogP contribution in [-0.2, 0) is 14.6 Å². The molecule has 2 aromatic rings. The van der Waals surface area contributed by atoms with Crippen LogP contribution in [0.15, 0.2) is 53.4 Å². The fourth-order valence-electron chi connectivity index (χ4n) is 3.20. The lowest BCUT2D eigenvalue weighted by Gasteiger charge is -2.05. The summed E-state index contributed by atoms with van der Waals surface area (Å²) in [4.78, 5) is 11.8. The van der Waals surface area contributed by atoms with E-state index in [1.54, 1.807) is 30.3 Å². The van der Waals surface area contributed by atoms with Gasteiger partial charge in [0.1, 0.15) is 5.25 Å². The zero-order valence-electron chi connectivity index (χ0n) is 13.2. The van der Waals surface area contributed by atoms with Gasteiger partial charge >= 0.3 is 5.97 Å². The van der Waals surface area contributed by atoms with Crippen LogP contribution in [0.5, 0.6) is 0 Å². The summed E-state index contributed by atoms with van der Waals surface area (Å²) < 4.78 is 26.0. The SMILES string of the molecule is Cc1ccc([C@H]2[C@@H](S(=O)(=O)c3ccc(Cl)cc3)[C@@]2(C#N)C(=O)O)cc1. The van der Waals surface area contributed by atoms with E-state index in [9.17, 15) is 23.6 Å². The number of aliphatic carboxylic acids is 1. The van der Waals surface area contributed by atoms with Crippen molar-refractivity contribution in [2.24, 2.45) is 5.41 Å². The highest BCUT2D eigenvalue weighted by molar-refractivity contribution is 7.92. The molecule has 0 unspecified atom stereocenters. The monoisotopic (exact) mass is 375 g/mol. The molecule has 1 aliphatic rings. The van der Waals surface area contributed by atoms with E-state index in [0.717, 1.165) is 5.56 Å². The highest BCUT2D eigenvalue weighted by atomic mass is 35.5. The Morgan fingerprint density at radius 2 is 1.72 bits per heavy atom. The molecule has 1 saturated carbocycles. The predicted molar refractivity (Wildman–Crippen MR) is 92.0 cm³/mol. The van der Waals surface area contributed by atoms with Gasteiger partial charge in [-0.3, -0.25) is 4.79 Å². The van der Waals surface area contributed by atoms with E-state index in [4.69, 9.17) is 11.6 Å². The first-order valence-electron chi connectivity index (χ1n) is 7.46. The summed E-state index contributed by atoms with van der Waals surface area (Å²) in [5.74, 6) is -2.35. The fourth-order valence-corrected chi connectivity index (χ4v) is 5.57. The summed E-state index contributed by atoms with van der Waals surface area (Å²) in [7, 11) is -4.02. The number of carboxylic acids is 1. The van der Waals surface area contributed by atoms with Gasteiger partial charge in [-0.15, -0.1) is 0 Å². The van der Waals surface area contributed by atoms with Gasteiger partial charge in [0, 0.05) is 10.9 Å². The number of hydrogen-bond acceptors (Lipinski definition) is 4. The van der Waals surface area contributed by atoms with E-state index in [2.05, 4.69) is 0 Å². The molecule has 7 heteroatoms. The average Bonchev–Trinajstić information content (AvgIpc) is 3.27. The van der Waals surface area contributed by atoms with Gasteiger partial charge in [0.2, 0.25) is 0 Å². The number of benzene rings is 2. The summed E-state index contributed by atoms with van der Waals surface area (Å²) in [6, 6.07) is 14.1. The Morgan fingerprint density at radius 3 is 2.20 bits per heavy atom.